The van der Waals surface area contributed by atoms with E-state index in [9.17, 15) is 24.0 Å². The molecule has 1 aromatic heterocycles. The fraction of sp³-hybridized carbons (Fsp3) is 0.441. The van der Waals surface area contributed by atoms with Crippen LogP contribution in [-0.4, -0.2) is 46.9 Å². The van der Waals surface area contributed by atoms with Crippen molar-refractivity contribution in [1.82, 2.24) is 20.9 Å². The number of nitrogens with one attached hydrogen (secondary N) is 4. The van der Waals surface area contributed by atoms with Gasteiger partial charge in [-0.05, 0) is 42.9 Å². The van der Waals surface area contributed by atoms with Gasteiger partial charge in [-0.2, -0.15) is 0 Å². The topological polar surface area (TPSA) is 137 Å². The summed E-state index contributed by atoms with van der Waals surface area (Å²) in [5, 5.41) is 9.16. The number of amides is 3. The van der Waals surface area contributed by atoms with Crippen LogP contribution >= 0.6 is 0 Å². The van der Waals surface area contributed by atoms with E-state index in [1.165, 1.54) is 6.42 Å². The fourth-order valence-electron chi connectivity index (χ4n) is 6.36. The third kappa shape index (κ3) is 7.97. The first-order valence-electron chi connectivity index (χ1n) is 15.4. The molecule has 1 saturated heterocycles. The Balaban J connectivity index is 1.32. The third-order valence-electron chi connectivity index (χ3n) is 8.81. The predicted molar refractivity (Wildman–Crippen MR) is 163 cm³/mol. The molecule has 2 aliphatic rings. The van der Waals surface area contributed by atoms with Crippen LogP contribution in [0.4, 0.5) is 0 Å². The molecule has 0 unspecified atom stereocenters. The fourth-order valence-corrected chi connectivity index (χ4v) is 6.36. The molecule has 2 heterocycles. The highest BCUT2D eigenvalue weighted by molar-refractivity contribution is 6.38. The molecule has 9 heteroatoms. The van der Waals surface area contributed by atoms with Crippen LogP contribution < -0.4 is 16.0 Å². The second kappa shape index (κ2) is 14.3. The van der Waals surface area contributed by atoms with Gasteiger partial charge in [0, 0.05) is 42.2 Å². The maximum absolute atomic E-state index is 13.9. The number of benzene rings is 2. The Labute approximate surface area is 251 Å². The van der Waals surface area contributed by atoms with Crippen molar-refractivity contribution in [3.05, 3.63) is 71.9 Å². The summed E-state index contributed by atoms with van der Waals surface area (Å²) in [7, 11) is 0. The highest BCUT2D eigenvalue weighted by Gasteiger charge is 2.36. The van der Waals surface area contributed by atoms with Crippen LogP contribution in [0.15, 0.2) is 60.7 Å². The first-order chi connectivity index (χ1) is 20.9. The molecule has 0 bridgehead atoms. The summed E-state index contributed by atoms with van der Waals surface area (Å²) in [6.45, 7) is 0.654. The normalized spacial score (nSPS) is 18.5. The standard InChI is InChI=1S/C34H40N4O5/c39-30(28-18-24-13-7-8-14-27(24)37-28)20-26(17-22-9-3-1-4-10-22)33(42)38-29(19-25-15-16-35-32(25)41)31(40)34(43)36-21-23-11-5-2-6-12-23/h2,5-8,11-14,18,22,25-26,29,37H,1,3-4,9-10,15-17,19-21H2,(H,35,41)(H,36,43)(H,38,42)/t25-,26+,29-/m0/s1. The van der Waals surface area contributed by atoms with Gasteiger partial charge in [-0.3, -0.25) is 24.0 Å². The van der Waals surface area contributed by atoms with E-state index in [0.29, 0.717) is 31.0 Å². The Bertz CT molecular complexity index is 1430. The smallest absolute Gasteiger partial charge is 0.289 e. The lowest BCUT2D eigenvalue weighted by Crippen LogP contribution is -2.50. The molecular formula is C34H40N4O5. The van der Waals surface area contributed by atoms with Crippen LogP contribution in [0.5, 0.6) is 0 Å². The van der Waals surface area contributed by atoms with Crippen molar-refractivity contribution in [2.45, 2.75) is 70.4 Å². The molecule has 1 saturated carbocycles. The third-order valence-corrected chi connectivity index (χ3v) is 8.81. The van der Waals surface area contributed by atoms with Crippen molar-refractivity contribution in [3.63, 3.8) is 0 Å². The summed E-state index contributed by atoms with van der Waals surface area (Å²) in [4.78, 5) is 69.2. The summed E-state index contributed by atoms with van der Waals surface area (Å²) >= 11 is 0. The number of aromatic nitrogens is 1. The molecule has 9 nitrogen and oxygen atoms in total. The van der Waals surface area contributed by atoms with Gasteiger partial charge in [0.1, 0.15) is 0 Å². The average Bonchev–Trinajstić information content (AvgIpc) is 3.65. The number of ketones is 2. The second-order valence-electron chi connectivity index (χ2n) is 11.9. The van der Waals surface area contributed by atoms with Gasteiger partial charge < -0.3 is 20.9 Å². The highest BCUT2D eigenvalue weighted by Crippen LogP contribution is 2.31. The molecule has 3 aromatic rings. The second-order valence-corrected chi connectivity index (χ2v) is 11.9. The van der Waals surface area contributed by atoms with E-state index in [-0.39, 0.29) is 31.1 Å². The zero-order chi connectivity index (χ0) is 30.2. The summed E-state index contributed by atoms with van der Waals surface area (Å²) in [6, 6.07) is 17.5. The van der Waals surface area contributed by atoms with Crippen molar-refractivity contribution in [1.29, 1.82) is 0 Å². The zero-order valence-corrected chi connectivity index (χ0v) is 24.4. The maximum Gasteiger partial charge on any atom is 0.289 e. The van der Waals surface area contributed by atoms with Crippen molar-refractivity contribution < 1.29 is 24.0 Å². The lowest BCUT2D eigenvalue weighted by Gasteiger charge is -2.27. The van der Waals surface area contributed by atoms with Gasteiger partial charge >= 0.3 is 0 Å². The number of hydrogen-bond donors (Lipinski definition) is 4. The molecule has 5 rings (SSSR count). The van der Waals surface area contributed by atoms with E-state index < -0.39 is 35.5 Å². The first-order valence-corrected chi connectivity index (χ1v) is 15.4. The number of carbonyl (C=O) groups is 5. The Morgan fingerprint density at radius 2 is 1.63 bits per heavy atom. The molecular weight excluding hydrogens is 544 g/mol. The largest absolute Gasteiger partial charge is 0.356 e. The minimum Gasteiger partial charge on any atom is -0.356 e. The van der Waals surface area contributed by atoms with E-state index in [1.807, 2.05) is 54.6 Å². The summed E-state index contributed by atoms with van der Waals surface area (Å²) in [5.41, 5.74) is 2.13. The van der Waals surface area contributed by atoms with Gasteiger partial charge in [-0.15, -0.1) is 0 Å². The van der Waals surface area contributed by atoms with E-state index in [0.717, 1.165) is 42.1 Å². The summed E-state index contributed by atoms with van der Waals surface area (Å²) < 4.78 is 0. The number of carbonyl (C=O) groups excluding carboxylic acids is 5. The van der Waals surface area contributed by atoms with Gasteiger partial charge in [0.25, 0.3) is 5.91 Å². The molecule has 0 radical (unpaired) electrons. The molecule has 2 fully saturated rings. The summed E-state index contributed by atoms with van der Waals surface area (Å²) in [5.74, 6) is -3.24. The number of Topliss-reactive ketones (excluding diaryl/α,β-unsaturated/α-hetero) is 2. The molecule has 1 aliphatic heterocycles. The molecule has 3 atom stereocenters. The molecule has 0 spiro atoms. The Hall–Kier alpha value is -4.27. The average molecular weight is 585 g/mol. The highest BCUT2D eigenvalue weighted by atomic mass is 16.2. The number of para-hydroxylation sites is 1. The van der Waals surface area contributed by atoms with Gasteiger partial charge in [-0.25, -0.2) is 0 Å². The quantitative estimate of drug-likeness (QED) is 0.176. The molecule has 4 N–H and O–H groups in total. The Morgan fingerprint density at radius 1 is 0.884 bits per heavy atom. The van der Waals surface area contributed by atoms with Crippen LogP contribution in [0.2, 0.25) is 0 Å². The molecule has 226 valence electrons. The lowest BCUT2D eigenvalue weighted by molar-refractivity contribution is -0.141. The molecule has 3 amide bonds. The maximum atomic E-state index is 13.9. The van der Waals surface area contributed by atoms with Crippen LogP contribution in [0, 0.1) is 17.8 Å². The Kier molecular flexibility index (Phi) is 10.0. The van der Waals surface area contributed by atoms with Crippen LogP contribution in [0.25, 0.3) is 10.9 Å². The van der Waals surface area contributed by atoms with Crippen LogP contribution in [0.1, 0.15) is 73.8 Å². The number of rotatable bonds is 13. The monoisotopic (exact) mass is 584 g/mol. The van der Waals surface area contributed by atoms with E-state index >= 15 is 0 Å². The van der Waals surface area contributed by atoms with Crippen LogP contribution in [0.3, 0.4) is 0 Å². The number of H-pyrrole nitrogens is 1. The predicted octanol–water partition coefficient (Wildman–Crippen LogP) is 4.22. The molecule has 1 aliphatic carbocycles. The minimum atomic E-state index is -1.17. The van der Waals surface area contributed by atoms with Gasteiger partial charge in [-0.1, -0.05) is 80.6 Å². The number of fused-ring (bicyclic) bond motifs is 1. The summed E-state index contributed by atoms with van der Waals surface area (Å²) in [6.07, 6.45) is 6.41. The number of aromatic amines is 1. The number of hydrogen-bond acceptors (Lipinski definition) is 5. The van der Waals surface area contributed by atoms with Gasteiger partial charge in [0.2, 0.25) is 17.6 Å². The SMILES string of the molecule is O=C(NCc1ccccc1)C(=O)[C@H](C[C@@H]1CCNC1=O)NC(=O)[C@@H](CC(=O)c1cc2ccccc2[nH]1)CC1CCCCC1. The van der Waals surface area contributed by atoms with E-state index in [4.69, 9.17) is 0 Å². The lowest BCUT2D eigenvalue weighted by atomic mass is 9.80. The first kappa shape index (κ1) is 30.2. The van der Waals surface area contributed by atoms with Crippen molar-refractivity contribution in [2.24, 2.45) is 17.8 Å². The zero-order valence-electron chi connectivity index (χ0n) is 24.4. The Morgan fingerprint density at radius 3 is 2.35 bits per heavy atom. The molecule has 43 heavy (non-hydrogen) atoms. The van der Waals surface area contributed by atoms with E-state index in [1.54, 1.807) is 6.07 Å². The van der Waals surface area contributed by atoms with Crippen LogP contribution in [-0.2, 0) is 25.7 Å². The van der Waals surface area contributed by atoms with Crippen molar-refractivity contribution in [3.8, 4) is 0 Å². The van der Waals surface area contributed by atoms with Crippen molar-refractivity contribution >= 4 is 40.2 Å². The van der Waals surface area contributed by atoms with Crippen molar-refractivity contribution in [2.75, 3.05) is 6.54 Å². The van der Waals surface area contributed by atoms with Gasteiger partial charge in [0.15, 0.2) is 5.78 Å². The minimum absolute atomic E-state index is 0.0137. The van der Waals surface area contributed by atoms with E-state index in [2.05, 4.69) is 20.9 Å². The molecule has 2 aromatic carbocycles. The van der Waals surface area contributed by atoms with Gasteiger partial charge in [0.05, 0.1) is 11.7 Å².